The number of hydrogen-bond acceptors (Lipinski definition) is 4. The van der Waals surface area contributed by atoms with Gasteiger partial charge < -0.3 is 4.74 Å². The highest BCUT2D eigenvalue weighted by molar-refractivity contribution is 7.89. The van der Waals surface area contributed by atoms with Gasteiger partial charge in [-0.1, -0.05) is 42.5 Å². The van der Waals surface area contributed by atoms with E-state index in [1.807, 2.05) is 37.3 Å². The van der Waals surface area contributed by atoms with Gasteiger partial charge in [-0.05, 0) is 36.6 Å². The summed E-state index contributed by atoms with van der Waals surface area (Å²) >= 11 is 0. The van der Waals surface area contributed by atoms with Gasteiger partial charge in [0.25, 0.3) is 0 Å². The average Bonchev–Trinajstić information content (AvgIpc) is 2.53. The Hall–Kier alpha value is -2.18. The molecule has 2 aromatic rings. The van der Waals surface area contributed by atoms with Crippen LogP contribution >= 0.6 is 0 Å². The maximum atomic E-state index is 11.9. The van der Waals surface area contributed by atoms with Crippen LogP contribution in [0.25, 0.3) is 0 Å². The highest BCUT2D eigenvalue weighted by Gasteiger charge is 2.12. The number of esters is 1. The predicted octanol–water partition coefficient (Wildman–Crippen LogP) is 2.57. The lowest BCUT2D eigenvalue weighted by atomic mass is 10.1. The highest BCUT2D eigenvalue weighted by Crippen LogP contribution is 2.17. The largest absolute Gasteiger partial charge is 0.458 e. The van der Waals surface area contributed by atoms with Crippen molar-refractivity contribution >= 4 is 16.0 Å². The van der Waals surface area contributed by atoms with Crippen molar-refractivity contribution in [3.05, 3.63) is 65.7 Å². The van der Waals surface area contributed by atoms with E-state index >= 15 is 0 Å². The van der Waals surface area contributed by atoms with E-state index in [-0.39, 0.29) is 23.4 Å². The van der Waals surface area contributed by atoms with Gasteiger partial charge in [-0.2, -0.15) is 0 Å². The van der Waals surface area contributed by atoms with Crippen LogP contribution in [0.15, 0.2) is 59.5 Å². The molecule has 0 unspecified atom stereocenters. The molecule has 0 heterocycles. The van der Waals surface area contributed by atoms with Gasteiger partial charge in [0.15, 0.2) is 0 Å². The molecule has 2 N–H and O–H groups in total. The van der Waals surface area contributed by atoms with Crippen molar-refractivity contribution in [2.45, 2.75) is 30.8 Å². The van der Waals surface area contributed by atoms with Crippen molar-refractivity contribution in [3.8, 4) is 0 Å². The second kappa shape index (κ2) is 7.39. The number of carbonyl (C=O) groups is 1. The van der Waals surface area contributed by atoms with Crippen LogP contribution in [0.1, 0.15) is 30.6 Å². The van der Waals surface area contributed by atoms with E-state index < -0.39 is 10.0 Å². The van der Waals surface area contributed by atoms with Gasteiger partial charge in [-0.25, -0.2) is 13.6 Å². The summed E-state index contributed by atoms with van der Waals surface area (Å²) in [5.74, 6) is -0.295. The molecule has 0 aliphatic rings. The molecule has 23 heavy (non-hydrogen) atoms. The molecule has 0 aromatic heterocycles. The number of hydrogen-bond donors (Lipinski definition) is 1. The third kappa shape index (κ3) is 5.19. The molecule has 5 nitrogen and oxygen atoms in total. The quantitative estimate of drug-likeness (QED) is 0.823. The second-order valence-corrected chi connectivity index (χ2v) is 6.79. The van der Waals surface area contributed by atoms with E-state index in [1.165, 1.54) is 12.1 Å². The van der Waals surface area contributed by atoms with E-state index in [1.54, 1.807) is 12.1 Å². The Bertz CT molecular complexity index is 755. The Balaban J connectivity index is 1.87. The fourth-order valence-electron chi connectivity index (χ4n) is 2.14. The molecule has 6 heteroatoms. The summed E-state index contributed by atoms with van der Waals surface area (Å²) in [5, 5.41) is 5.04. The van der Waals surface area contributed by atoms with Crippen LogP contribution in [0.3, 0.4) is 0 Å². The molecular formula is C17H19NO4S. The molecule has 122 valence electrons. The maximum Gasteiger partial charge on any atom is 0.306 e. The number of rotatable bonds is 6. The molecule has 1 atom stereocenters. The number of benzene rings is 2. The maximum absolute atomic E-state index is 11.9. The zero-order valence-corrected chi connectivity index (χ0v) is 13.6. The molecular weight excluding hydrogens is 314 g/mol. The molecule has 0 fully saturated rings. The average molecular weight is 333 g/mol. The van der Waals surface area contributed by atoms with Gasteiger partial charge in [-0.15, -0.1) is 0 Å². The lowest BCUT2D eigenvalue weighted by Crippen LogP contribution is -2.12. The lowest BCUT2D eigenvalue weighted by Gasteiger charge is -2.13. The summed E-state index contributed by atoms with van der Waals surface area (Å²) in [6.07, 6.45) is 0.408. The number of primary sulfonamides is 1. The van der Waals surface area contributed by atoms with E-state index in [0.717, 1.165) is 11.1 Å². The summed E-state index contributed by atoms with van der Waals surface area (Å²) < 4.78 is 27.7. The minimum absolute atomic E-state index is 0.0570. The first-order valence-electron chi connectivity index (χ1n) is 7.22. The number of sulfonamides is 1. The van der Waals surface area contributed by atoms with Crippen LogP contribution in [-0.4, -0.2) is 14.4 Å². The first-order valence-corrected chi connectivity index (χ1v) is 8.77. The number of aryl methyl sites for hydroxylation is 1. The third-order valence-electron chi connectivity index (χ3n) is 3.45. The number of nitrogens with two attached hydrogens (primary N) is 1. The van der Waals surface area contributed by atoms with Gasteiger partial charge >= 0.3 is 5.97 Å². The van der Waals surface area contributed by atoms with Crippen molar-refractivity contribution in [3.63, 3.8) is 0 Å². The van der Waals surface area contributed by atoms with Crippen molar-refractivity contribution in [1.29, 1.82) is 0 Å². The molecule has 2 aromatic carbocycles. The van der Waals surface area contributed by atoms with Crippen LogP contribution in [0, 0.1) is 0 Å². The molecule has 0 radical (unpaired) electrons. The Kier molecular flexibility index (Phi) is 5.52. The van der Waals surface area contributed by atoms with Gasteiger partial charge in [0.2, 0.25) is 10.0 Å². The van der Waals surface area contributed by atoms with Crippen LogP contribution in [-0.2, 0) is 26.0 Å². The van der Waals surface area contributed by atoms with Crippen LogP contribution in [0.2, 0.25) is 0 Å². The predicted molar refractivity (Wildman–Crippen MR) is 87.1 cm³/mol. The number of ether oxygens (including phenoxy) is 1. The SMILES string of the molecule is C[C@@H](OC(=O)CCc1ccc(S(N)(=O)=O)cc1)c1ccccc1. The standard InChI is InChI=1S/C17H19NO4S/c1-13(15-5-3-2-4-6-15)22-17(19)12-9-14-7-10-16(11-8-14)23(18,20)21/h2-8,10-11,13H,9,12H2,1H3,(H2,18,20,21)/t13-/m1/s1. The smallest absolute Gasteiger partial charge is 0.306 e. The van der Waals surface area contributed by atoms with Crippen LogP contribution < -0.4 is 5.14 Å². The number of carbonyl (C=O) groups excluding carboxylic acids is 1. The minimum atomic E-state index is -3.69. The molecule has 2 rings (SSSR count). The molecule has 0 bridgehead atoms. The highest BCUT2D eigenvalue weighted by atomic mass is 32.2. The topological polar surface area (TPSA) is 86.5 Å². The first kappa shape index (κ1) is 17.2. The Morgan fingerprint density at radius 3 is 2.26 bits per heavy atom. The van der Waals surface area contributed by atoms with Crippen molar-refractivity contribution in [1.82, 2.24) is 0 Å². The van der Waals surface area contributed by atoms with Gasteiger partial charge in [0, 0.05) is 6.42 Å². The Morgan fingerprint density at radius 2 is 1.70 bits per heavy atom. The van der Waals surface area contributed by atoms with Crippen molar-refractivity contribution < 1.29 is 17.9 Å². The van der Waals surface area contributed by atoms with E-state index in [4.69, 9.17) is 9.88 Å². The summed E-state index contributed by atoms with van der Waals surface area (Å²) in [5.41, 5.74) is 1.79. The molecule has 0 aliphatic heterocycles. The summed E-state index contributed by atoms with van der Waals surface area (Å²) in [7, 11) is -3.69. The van der Waals surface area contributed by atoms with Gasteiger partial charge in [0.05, 0.1) is 4.90 Å². The summed E-state index contributed by atoms with van der Waals surface area (Å²) in [6, 6.07) is 15.7. The first-order chi connectivity index (χ1) is 10.9. The van der Waals surface area contributed by atoms with Gasteiger partial charge in [-0.3, -0.25) is 4.79 Å². The Morgan fingerprint density at radius 1 is 1.09 bits per heavy atom. The molecule has 0 amide bonds. The summed E-state index contributed by atoms with van der Waals surface area (Å²) in [4.78, 5) is 11.9. The fraction of sp³-hybridized carbons (Fsp3) is 0.235. The zero-order chi connectivity index (χ0) is 16.9. The molecule has 0 aliphatic carbocycles. The minimum Gasteiger partial charge on any atom is -0.458 e. The fourth-order valence-corrected chi connectivity index (χ4v) is 2.66. The molecule has 0 saturated heterocycles. The summed E-state index contributed by atoms with van der Waals surface area (Å²) in [6.45, 7) is 1.83. The van der Waals surface area contributed by atoms with Crippen LogP contribution in [0.5, 0.6) is 0 Å². The monoisotopic (exact) mass is 333 g/mol. The van der Waals surface area contributed by atoms with Gasteiger partial charge in [0.1, 0.15) is 6.10 Å². The van der Waals surface area contributed by atoms with E-state index in [9.17, 15) is 13.2 Å². The van der Waals surface area contributed by atoms with E-state index in [0.29, 0.717) is 6.42 Å². The van der Waals surface area contributed by atoms with E-state index in [2.05, 4.69) is 0 Å². The Labute approximate surface area is 136 Å². The molecule has 0 spiro atoms. The molecule has 0 saturated carbocycles. The normalized spacial score (nSPS) is 12.6. The second-order valence-electron chi connectivity index (χ2n) is 5.23. The van der Waals surface area contributed by atoms with Crippen molar-refractivity contribution in [2.75, 3.05) is 0 Å². The lowest BCUT2D eigenvalue weighted by molar-refractivity contribution is -0.148. The van der Waals surface area contributed by atoms with Crippen molar-refractivity contribution in [2.24, 2.45) is 5.14 Å². The third-order valence-corrected chi connectivity index (χ3v) is 4.38. The van der Waals surface area contributed by atoms with Crippen LogP contribution in [0.4, 0.5) is 0 Å². The zero-order valence-electron chi connectivity index (χ0n) is 12.8.